The van der Waals surface area contributed by atoms with Crippen LogP contribution in [0.15, 0.2) is 44.3 Å². The van der Waals surface area contributed by atoms with Crippen LogP contribution in [0.4, 0.5) is 26.3 Å². The number of thioether (sulfide) groups is 2. The van der Waals surface area contributed by atoms with Crippen LogP contribution in [-0.4, -0.2) is 44.9 Å². The number of carboxylic acid groups (broad SMARTS) is 1. The Morgan fingerprint density at radius 1 is 0.964 bits per heavy atom. The molecule has 2 heterocycles. The van der Waals surface area contributed by atoms with Crippen LogP contribution in [0.5, 0.6) is 0 Å². The van der Waals surface area contributed by atoms with Gasteiger partial charge in [0, 0.05) is 17.7 Å². The van der Waals surface area contributed by atoms with Gasteiger partial charge >= 0.3 is 23.7 Å². The Balaban J connectivity index is 2.17. The molecule has 0 aromatic rings. The monoisotopic (exact) mass is 441 g/mol. The molecule has 28 heavy (non-hydrogen) atoms. The molecule has 3 N–H and O–H groups in total. The molecular formula is C17H13F6NO2S2. The minimum atomic E-state index is -5.65. The Morgan fingerprint density at radius 3 is 1.89 bits per heavy atom. The molecule has 2 atom stereocenters. The van der Waals surface area contributed by atoms with Crippen LogP contribution in [0.3, 0.4) is 0 Å². The second-order valence-corrected chi connectivity index (χ2v) is 10.2. The molecule has 152 valence electrons. The Kier molecular flexibility index (Phi) is 3.73. The van der Waals surface area contributed by atoms with Gasteiger partial charge in [0.15, 0.2) is 0 Å². The van der Waals surface area contributed by atoms with Crippen molar-refractivity contribution >= 4 is 29.5 Å². The van der Waals surface area contributed by atoms with E-state index in [1.807, 2.05) is 0 Å². The zero-order valence-electron chi connectivity index (χ0n) is 14.4. The number of nitrogens with two attached hydrogens (primary N) is 1. The Hall–Kier alpha value is -1.33. The van der Waals surface area contributed by atoms with Crippen molar-refractivity contribution in [3.8, 4) is 0 Å². The third-order valence-corrected chi connectivity index (χ3v) is 9.05. The van der Waals surface area contributed by atoms with Gasteiger partial charge in [-0.15, -0.1) is 23.5 Å². The number of allylic oxidation sites excluding steroid dienone is 4. The van der Waals surface area contributed by atoms with Crippen molar-refractivity contribution in [1.29, 1.82) is 0 Å². The fourth-order valence-electron chi connectivity index (χ4n) is 4.19. The van der Waals surface area contributed by atoms with Crippen LogP contribution in [0.2, 0.25) is 0 Å². The standard InChI is InChI=1S/C17H13F6NO2S2/c1-13-7(3-6(5-24)27-13)10-11(16(20,21)17(22,23)15(10,18)19)8-4-9(12(25)26)28-14(8,13)2/h3-4H,5,24H2,1-2H3,(H,25,26)/t13-,14-/m1/s1. The summed E-state index contributed by atoms with van der Waals surface area (Å²) >= 11 is 1.70. The highest BCUT2D eigenvalue weighted by molar-refractivity contribution is 8.09. The van der Waals surface area contributed by atoms with Crippen LogP contribution in [0.1, 0.15) is 13.8 Å². The average Bonchev–Trinajstić information content (AvgIpc) is 3.14. The number of rotatable bonds is 2. The predicted molar refractivity (Wildman–Crippen MR) is 93.7 cm³/mol. The van der Waals surface area contributed by atoms with Gasteiger partial charge in [0.05, 0.1) is 14.4 Å². The normalized spacial score (nSPS) is 36.8. The van der Waals surface area contributed by atoms with Crippen LogP contribution in [-0.2, 0) is 4.79 Å². The molecule has 0 bridgehead atoms. The first kappa shape index (κ1) is 20.0. The number of hydrogen-bond donors (Lipinski definition) is 2. The molecule has 0 unspecified atom stereocenters. The molecule has 3 nitrogen and oxygen atoms in total. The summed E-state index contributed by atoms with van der Waals surface area (Å²) in [4.78, 5) is 11.5. The summed E-state index contributed by atoms with van der Waals surface area (Å²) in [6.45, 7) is 2.78. The molecule has 0 saturated heterocycles. The van der Waals surface area contributed by atoms with Crippen molar-refractivity contribution < 1.29 is 36.2 Å². The quantitative estimate of drug-likeness (QED) is 0.625. The topological polar surface area (TPSA) is 63.3 Å². The van der Waals surface area contributed by atoms with E-state index in [2.05, 4.69) is 0 Å². The molecule has 2 aliphatic carbocycles. The number of fused-ring (bicyclic) bond motifs is 4. The third kappa shape index (κ3) is 1.88. The number of carbonyl (C=O) groups is 1. The number of alkyl halides is 6. The lowest BCUT2D eigenvalue weighted by Crippen LogP contribution is -2.49. The van der Waals surface area contributed by atoms with Gasteiger partial charge in [0.1, 0.15) is 0 Å². The molecule has 2 aliphatic heterocycles. The average molecular weight is 441 g/mol. The second-order valence-electron chi connectivity index (χ2n) is 7.20. The van der Waals surface area contributed by atoms with Gasteiger partial charge in [-0.2, -0.15) is 26.3 Å². The SMILES string of the molecule is C[C@@]12SC(CN)=CC1=C1C(=C3C=C(C(=O)O)S[C@]32C)C(F)(F)C(F)(F)C1(F)F. The summed E-state index contributed by atoms with van der Waals surface area (Å²) < 4.78 is 84.4. The van der Waals surface area contributed by atoms with Gasteiger partial charge in [0.25, 0.3) is 0 Å². The zero-order chi connectivity index (χ0) is 21.1. The molecular weight excluding hydrogens is 428 g/mol. The predicted octanol–water partition coefficient (Wildman–Crippen LogP) is 4.33. The lowest BCUT2D eigenvalue weighted by Gasteiger charge is -2.47. The smallest absolute Gasteiger partial charge is 0.380 e. The third-order valence-electron chi connectivity index (χ3n) is 5.79. The van der Waals surface area contributed by atoms with E-state index >= 15 is 0 Å². The molecule has 0 radical (unpaired) electrons. The van der Waals surface area contributed by atoms with Crippen molar-refractivity contribution in [1.82, 2.24) is 0 Å². The molecule has 0 aromatic heterocycles. The molecule has 11 heteroatoms. The first-order chi connectivity index (χ1) is 12.7. The summed E-state index contributed by atoms with van der Waals surface area (Å²) in [7, 11) is 0. The lowest BCUT2D eigenvalue weighted by molar-refractivity contribution is -0.258. The van der Waals surface area contributed by atoms with Crippen molar-refractivity contribution in [3.63, 3.8) is 0 Å². The zero-order valence-corrected chi connectivity index (χ0v) is 16.0. The molecule has 1 saturated carbocycles. The van der Waals surface area contributed by atoms with E-state index in [1.165, 1.54) is 13.8 Å². The largest absolute Gasteiger partial charge is 0.477 e. The second kappa shape index (κ2) is 5.23. The van der Waals surface area contributed by atoms with Gasteiger partial charge in [-0.25, -0.2) is 4.79 Å². The summed E-state index contributed by atoms with van der Waals surface area (Å²) in [6, 6.07) is 0. The van der Waals surface area contributed by atoms with Crippen molar-refractivity contribution in [2.24, 2.45) is 5.73 Å². The van der Waals surface area contributed by atoms with E-state index < -0.39 is 50.0 Å². The molecule has 4 aliphatic rings. The Labute approximate surface area is 163 Å². The van der Waals surface area contributed by atoms with Crippen LogP contribution in [0.25, 0.3) is 0 Å². The van der Waals surface area contributed by atoms with E-state index in [0.29, 0.717) is 16.7 Å². The maximum Gasteiger partial charge on any atom is 0.380 e. The van der Waals surface area contributed by atoms with Gasteiger partial charge in [-0.05, 0) is 42.1 Å². The molecule has 0 spiro atoms. The van der Waals surface area contributed by atoms with Crippen molar-refractivity contribution in [2.75, 3.05) is 6.54 Å². The number of halogens is 6. The minimum absolute atomic E-state index is 0.0972. The van der Waals surface area contributed by atoms with E-state index in [9.17, 15) is 36.2 Å². The Bertz CT molecular complexity index is 967. The number of carboxylic acids is 1. The summed E-state index contributed by atoms with van der Waals surface area (Å²) in [5, 5.41) is 9.32. The van der Waals surface area contributed by atoms with Gasteiger partial charge < -0.3 is 10.8 Å². The van der Waals surface area contributed by atoms with Crippen molar-refractivity contribution in [3.05, 3.63) is 44.3 Å². The highest BCUT2D eigenvalue weighted by Crippen LogP contribution is 2.73. The van der Waals surface area contributed by atoms with E-state index in [0.717, 1.165) is 23.9 Å². The first-order valence-corrected chi connectivity index (χ1v) is 9.68. The lowest BCUT2D eigenvalue weighted by atomic mass is 9.71. The van der Waals surface area contributed by atoms with E-state index in [1.54, 1.807) is 0 Å². The van der Waals surface area contributed by atoms with E-state index in [4.69, 9.17) is 5.73 Å². The molecule has 0 amide bonds. The van der Waals surface area contributed by atoms with Crippen molar-refractivity contribution in [2.45, 2.75) is 41.1 Å². The molecule has 0 aromatic carbocycles. The molecule has 1 fully saturated rings. The minimum Gasteiger partial charge on any atom is -0.477 e. The fraction of sp³-hybridized carbons (Fsp3) is 0.471. The van der Waals surface area contributed by atoms with E-state index in [-0.39, 0.29) is 17.0 Å². The molecule has 4 rings (SSSR count). The maximum atomic E-state index is 14.7. The Morgan fingerprint density at radius 2 is 1.43 bits per heavy atom. The summed E-state index contributed by atoms with van der Waals surface area (Å²) in [5.74, 6) is -17.4. The fourth-order valence-corrected chi connectivity index (χ4v) is 7.08. The van der Waals surface area contributed by atoms with Crippen LogP contribution < -0.4 is 5.73 Å². The highest BCUT2D eigenvalue weighted by atomic mass is 32.2. The van der Waals surface area contributed by atoms with Gasteiger partial charge in [0.2, 0.25) is 0 Å². The van der Waals surface area contributed by atoms with Gasteiger partial charge in [-0.1, -0.05) is 0 Å². The van der Waals surface area contributed by atoms with Crippen LogP contribution >= 0.6 is 23.5 Å². The first-order valence-electron chi connectivity index (χ1n) is 8.04. The summed E-state index contributed by atoms with van der Waals surface area (Å²) in [6.07, 6.45) is 1.98. The van der Waals surface area contributed by atoms with Gasteiger partial charge in [-0.3, -0.25) is 0 Å². The number of hydrogen-bond acceptors (Lipinski definition) is 4. The maximum absolute atomic E-state index is 14.7. The summed E-state index contributed by atoms with van der Waals surface area (Å²) in [5.41, 5.74) is 1.84. The highest BCUT2D eigenvalue weighted by Gasteiger charge is 2.84. The van der Waals surface area contributed by atoms with Crippen LogP contribution in [0, 0.1) is 0 Å². The number of aliphatic carboxylic acids is 1.